The van der Waals surface area contributed by atoms with E-state index in [0.717, 1.165) is 5.56 Å². The fourth-order valence-electron chi connectivity index (χ4n) is 4.08. The molecule has 2 fully saturated rings. The number of rotatable bonds is 3. The quantitative estimate of drug-likeness (QED) is 0.831. The Morgan fingerprint density at radius 3 is 2.52 bits per heavy atom. The van der Waals surface area contributed by atoms with Gasteiger partial charge in [-0.25, -0.2) is 17.6 Å². The van der Waals surface area contributed by atoms with Crippen molar-refractivity contribution in [3.05, 3.63) is 60.2 Å². The van der Waals surface area contributed by atoms with Crippen molar-refractivity contribution in [2.45, 2.75) is 24.6 Å². The molecule has 2 amide bonds. The second-order valence-corrected chi connectivity index (χ2v) is 9.64. The highest BCUT2D eigenvalue weighted by atomic mass is 32.2. The van der Waals surface area contributed by atoms with Crippen molar-refractivity contribution in [2.24, 2.45) is 5.92 Å². The van der Waals surface area contributed by atoms with Crippen LogP contribution in [0.1, 0.15) is 18.4 Å². The van der Waals surface area contributed by atoms with Gasteiger partial charge in [-0.2, -0.15) is 4.31 Å². The summed E-state index contributed by atoms with van der Waals surface area (Å²) >= 11 is 0. The molecule has 1 aromatic heterocycles. The zero-order valence-electron chi connectivity index (χ0n) is 15.9. The van der Waals surface area contributed by atoms with Gasteiger partial charge in [0.2, 0.25) is 10.0 Å². The number of sulfonamides is 1. The number of nitrogens with zero attached hydrogens (tertiary/aromatic N) is 3. The van der Waals surface area contributed by atoms with Crippen molar-refractivity contribution < 1.29 is 17.6 Å². The Kier molecular flexibility index (Phi) is 5.51. The molecule has 0 unspecified atom stereocenters. The van der Waals surface area contributed by atoms with Crippen molar-refractivity contribution in [3.8, 4) is 0 Å². The molecule has 2 aliphatic rings. The van der Waals surface area contributed by atoms with Crippen LogP contribution in [-0.2, 0) is 16.6 Å². The molecular weight excluding hydrogens is 395 g/mol. The largest absolute Gasteiger partial charge is 0.324 e. The average molecular weight is 418 g/mol. The maximum absolute atomic E-state index is 13.0. The summed E-state index contributed by atoms with van der Waals surface area (Å²) in [6.45, 7) is 1.69. The van der Waals surface area contributed by atoms with E-state index in [1.807, 2.05) is 12.1 Å². The lowest BCUT2D eigenvalue weighted by Gasteiger charge is -2.22. The molecule has 0 spiro atoms. The molecule has 2 aliphatic heterocycles. The molecule has 29 heavy (non-hydrogen) atoms. The fourth-order valence-corrected chi connectivity index (χ4v) is 6.30. The predicted octanol–water partition coefficient (Wildman–Crippen LogP) is 2.68. The second kappa shape index (κ2) is 8.08. The molecule has 3 heterocycles. The van der Waals surface area contributed by atoms with Crippen LogP contribution in [0.2, 0.25) is 0 Å². The molecule has 2 atom stereocenters. The third-order valence-electron chi connectivity index (χ3n) is 5.65. The van der Waals surface area contributed by atoms with E-state index in [4.69, 9.17) is 0 Å². The zero-order valence-corrected chi connectivity index (χ0v) is 16.7. The van der Waals surface area contributed by atoms with Gasteiger partial charge in [-0.05, 0) is 60.7 Å². The Morgan fingerprint density at radius 1 is 1.10 bits per heavy atom. The van der Waals surface area contributed by atoms with Gasteiger partial charge in [-0.15, -0.1) is 0 Å². The molecule has 2 saturated heterocycles. The van der Waals surface area contributed by atoms with Crippen LogP contribution < -0.4 is 5.32 Å². The van der Waals surface area contributed by atoms with Gasteiger partial charge in [0.25, 0.3) is 0 Å². The van der Waals surface area contributed by atoms with E-state index in [9.17, 15) is 17.6 Å². The smallest absolute Gasteiger partial charge is 0.321 e. The number of pyridine rings is 1. The summed E-state index contributed by atoms with van der Waals surface area (Å²) in [6, 6.07) is 8.93. The molecule has 0 radical (unpaired) electrons. The lowest BCUT2D eigenvalue weighted by atomic mass is 10.0. The van der Waals surface area contributed by atoms with E-state index in [-0.39, 0.29) is 17.8 Å². The number of urea groups is 1. The topological polar surface area (TPSA) is 82.6 Å². The number of fused-ring (bicyclic) bond motifs is 1. The summed E-state index contributed by atoms with van der Waals surface area (Å²) in [5.41, 5.74) is 1.43. The van der Waals surface area contributed by atoms with Crippen LogP contribution in [0.25, 0.3) is 0 Å². The zero-order chi connectivity index (χ0) is 20.4. The number of amides is 2. The molecule has 7 nitrogen and oxygen atoms in total. The number of aromatic nitrogens is 1. The number of anilines is 1. The highest BCUT2D eigenvalue weighted by Crippen LogP contribution is 2.35. The summed E-state index contributed by atoms with van der Waals surface area (Å²) in [5, 5.41) is 2.28. The maximum Gasteiger partial charge on any atom is 0.321 e. The number of carbonyl (C=O) groups excluding carboxylic acids is 1. The lowest BCUT2D eigenvalue weighted by Crippen LogP contribution is -2.37. The Balaban J connectivity index is 1.40. The van der Waals surface area contributed by atoms with Gasteiger partial charge in [0.15, 0.2) is 0 Å². The number of likely N-dealkylation sites (tertiary alicyclic amines) is 1. The molecule has 0 bridgehead atoms. The number of hydrogen-bond acceptors (Lipinski definition) is 4. The Bertz CT molecular complexity index is 969. The monoisotopic (exact) mass is 418 g/mol. The van der Waals surface area contributed by atoms with Crippen LogP contribution in [0.15, 0.2) is 48.8 Å². The van der Waals surface area contributed by atoms with Crippen LogP contribution in [0.4, 0.5) is 14.9 Å². The summed E-state index contributed by atoms with van der Waals surface area (Å²) in [4.78, 5) is 18.2. The van der Waals surface area contributed by atoms with E-state index >= 15 is 0 Å². The highest BCUT2D eigenvalue weighted by Gasteiger charge is 2.47. The molecule has 4 rings (SSSR count). The first-order valence-corrected chi connectivity index (χ1v) is 11.1. The minimum atomic E-state index is -3.41. The summed E-state index contributed by atoms with van der Waals surface area (Å²) in [6.07, 6.45) is 4.37. The number of benzene rings is 1. The van der Waals surface area contributed by atoms with Crippen molar-refractivity contribution in [1.29, 1.82) is 0 Å². The molecule has 0 aliphatic carbocycles. The van der Waals surface area contributed by atoms with Crippen LogP contribution in [0.3, 0.4) is 0 Å². The summed E-state index contributed by atoms with van der Waals surface area (Å²) in [5.74, 6) is -0.363. The first-order chi connectivity index (χ1) is 13.9. The Labute approximate surface area is 169 Å². The van der Waals surface area contributed by atoms with E-state index < -0.39 is 15.3 Å². The van der Waals surface area contributed by atoms with Gasteiger partial charge in [0, 0.05) is 44.3 Å². The molecule has 9 heteroatoms. The van der Waals surface area contributed by atoms with Gasteiger partial charge >= 0.3 is 6.03 Å². The normalized spacial score (nSPS) is 24.0. The maximum atomic E-state index is 13.0. The minimum Gasteiger partial charge on any atom is -0.324 e. The van der Waals surface area contributed by atoms with Crippen LogP contribution in [0.5, 0.6) is 0 Å². The Hall–Kier alpha value is -2.52. The highest BCUT2D eigenvalue weighted by molar-refractivity contribution is 7.90. The predicted molar refractivity (Wildman–Crippen MR) is 107 cm³/mol. The summed E-state index contributed by atoms with van der Waals surface area (Å²) in [7, 11) is -3.41. The van der Waals surface area contributed by atoms with Gasteiger partial charge in [-0.1, -0.05) is 0 Å². The van der Waals surface area contributed by atoms with Crippen LogP contribution in [-0.4, -0.2) is 53.5 Å². The van der Waals surface area contributed by atoms with Gasteiger partial charge in [-0.3, -0.25) is 4.98 Å². The van der Waals surface area contributed by atoms with Gasteiger partial charge < -0.3 is 10.2 Å². The minimum absolute atomic E-state index is 0.00505. The van der Waals surface area contributed by atoms with E-state index in [0.29, 0.717) is 44.7 Å². The third-order valence-corrected chi connectivity index (χ3v) is 8.03. The molecule has 0 saturated carbocycles. The molecule has 1 aromatic carbocycles. The SMILES string of the molecule is O=C(Nc1ccc(F)cc1)N1CC[C@@H]2CN(Cc3ccncc3)S(=O)(=O)[C@@H]2CC1. The number of carbonyl (C=O) groups is 1. The molecular formula is C20H23FN4O3S. The van der Waals surface area contributed by atoms with E-state index in [1.165, 1.54) is 24.3 Å². The van der Waals surface area contributed by atoms with Crippen molar-refractivity contribution >= 4 is 21.7 Å². The third kappa shape index (κ3) is 4.25. The number of nitrogens with one attached hydrogen (secondary N) is 1. The Morgan fingerprint density at radius 2 is 1.79 bits per heavy atom. The first kappa shape index (κ1) is 19.8. The van der Waals surface area contributed by atoms with Crippen LogP contribution >= 0.6 is 0 Å². The molecule has 2 aromatic rings. The second-order valence-electron chi connectivity index (χ2n) is 7.49. The average Bonchev–Trinajstić information content (AvgIpc) is 2.85. The number of hydrogen-bond donors (Lipinski definition) is 1. The first-order valence-electron chi connectivity index (χ1n) is 9.63. The van der Waals surface area contributed by atoms with Crippen LogP contribution in [0, 0.1) is 11.7 Å². The molecule has 1 N–H and O–H groups in total. The molecule has 154 valence electrons. The standard InChI is InChI=1S/C20H23FN4O3S/c21-17-1-3-18(4-2-17)23-20(26)24-11-7-16-14-25(13-15-5-9-22-10-6-15)29(27,28)19(16)8-12-24/h1-6,9-10,16,19H,7-8,11-14H2,(H,23,26)/t16-,19-/m1/s1. The lowest BCUT2D eigenvalue weighted by molar-refractivity contribution is 0.212. The fraction of sp³-hybridized carbons (Fsp3) is 0.400. The van der Waals surface area contributed by atoms with Gasteiger partial charge in [0.1, 0.15) is 5.82 Å². The van der Waals surface area contributed by atoms with Crippen molar-refractivity contribution in [3.63, 3.8) is 0 Å². The summed E-state index contributed by atoms with van der Waals surface area (Å²) < 4.78 is 40.7. The van der Waals surface area contributed by atoms with Crippen molar-refractivity contribution in [2.75, 3.05) is 25.0 Å². The van der Waals surface area contributed by atoms with Gasteiger partial charge in [0.05, 0.1) is 5.25 Å². The van der Waals surface area contributed by atoms with E-state index in [1.54, 1.807) is 21.6 Å². The van der Waals surface area contributed by atoms with E-state index in [2.05, 4.69) is 10.3 Å². The number of halogens is 1. The van der Waals surface area contributed by atoms with Crippen molar-refractivity contribution in [1.82, 2.24) is 14.2 Å².